The lowest BCUT2D eigenvalue weighted by atomic mass is 9.99. The van der Waals surface area contributed by atoms with Gasteiger partial charge in [0.1, 0.15) is 6.33 Å². The Bertz CT molecular complexity index is 1710. The highest BCUT2D eigenvalue weighted by atomic mass is 16.2. The Labute approximate surface area is 204 Å². The number of nitrogens with zero attached hydrogens (tertiary/aromatic N) is 6. The molecule has 180 valence electrons. The third-order valence-corrected chi connectivity index (χ3v) is 6.02. The molecule has 0 spiro atoms. The Hall–Kier alpha value is -5.06. The Balaban J connectivity index is 1.53. The monoisotopic (exact) mass is 482 g/mol. The molecule has 0 saturated carbocycles. The molecule has 0 aliphatic carbocycles. The zero-order chi connectivity index (χ0) is 25.6. The lowest BCUT2D eigenvalue weighted by Gasteiger charge is -2.09. The lowest BCUT2D eigenvalue weighted by Crippen LogP contribution is -2.21. The predicted molar refractivity (Wildman–Crippen MR) is 134 cm³/mol. The van der Waals surface area contributed by atoms with Gasteiger partial charge in [0.15, 0.2) is 5.69 Å². The molecule has 0 radical (unpaired) electrons. The van der Waals surface area contributed by atoms with Gasteiger partial charge in [-0.1, -0.05) is 12.1 Å². The van der Waals surface area contributed by atoms with Crippen molar-refractivity contribution in [1.82, 2.24) is 29.1 Å². The summed E-state index contributed by atoms with van der Waals surface area (Å²) in [6, 6.07) is 13.8. The van der Waals surface area contributed by atoms with Crippen LogP contribution in [0.1, 0.15) is 26.4 Å². The fourth-order valence-corrected chi connectivity index (χ4v) is 4.15. The first-order valence-electron chi connectivity index (χ1n) is 11.0. The number of aromatic nitrogens is 6. The maximum Gasteiger partial charge on any atom is 0.350 e. The maximum atomic E-state index is 13.2. The van der Waals surface area contributed by atoms with Crippen LogP contribution < -0.4 is 16.7 Å². The third kappa shape index (κ3) is 3.82. The number of carbonyl (C=O) groups excluding carboxylic acids is 2. The van der Waals surface area contributed by atoms with Crippen LogP contribution in [0.15, 0.2) is 65.8 Å². The van der Waals surface area contributed by atoms with Crippen LogP contribution in [0.5, 0.6) is 0 Å². The highest BCUT2D eigenvalue weighted by molar-refractivity contribution is 6.13. The van der Waals surface area contributed by atoms with Crippen molar-refractivity contribution in [3.05, 3.63) is 88.4 Å². The van der Waals surface area contributed by atoms with E-state index in [9.17, 15) is 14.4 Å². The van der Waals surface area contributed by atoms with Gasteiger partial charge in [0.05, 0.1) is 23.1 Å². The number of nitrogens with one attached hydrogen (secondary N) is 1. The highest BCUT2D eigenvalue weighted by Crippen LogP contribution is 2.31. The Morgan fingerprint density at radius 2 is 1.83 bits per heavy atom. The zero-order valence-electron chi connectivity index (χ0n) is 19.8. The first-order valence-corrected chi connectivity index (χ1v) is 11.0. The summed E-state index contributed by atoms with van der Waals surface area (Å²) in [6.07, 6.45) is 3.04. The Kier molecular flexibility index (Phi) is 5.44. The van der Waals surface area contributed by atoms with Crippen LogP contribution in [0.4, 0.5) is 5.69 Å². The molecule has 0 aliphatic rings. The standard InChI is InChI=1S/C25H22N8O3/c1-14-18(19-9-7-17(12-27-19)33-13-28-32(3)25(33)36)8-10-20-21(14)22(30-31(20)2)24(35)29-16-6-4-5-15(11-16)23(26)34/h4-13H,1-3H3,(H2,26,34)(H,29,35). The van der Waals surface area contributed by atoms with Crippen LogP contribution in [0, 0.1) is 6.92 Å². The van der Waals surface area contributed by atoms with Gasteiger partial charge in [-0.05, 0) is 48.9 Å². The number of benzene rings is 2. The summed E-state index contributed by atoms with van der Waals surface area (Å²) >= 11 is 0. The van der Waals surface area contributed by atoms with Gasteiger partial charge in [0.25, 0.3) is 5.91 Å². The minimum absolute atomic E-state index is 0.245. The largest absolute Gasteiger partial charge is 0.366 e. The van der Waals surface area contributed by atoms with Crippen molar-refractivity contribution in [2.45, 2.75) is 6.92 Å². The van der Waals surface area contributed by atoms with E-state index in [4.69, 9.17) is 5.73 Å². The smallest absolute Gasteiger partial charge is 0.350 e. The quantitative estimate of drug-likeness (QED) is 0.393. The molecule has 0 unspecified atom stereocenters. The van der Waals surface area contributed by atoms with Crippen LogP contribution in [-0.2, 0) is 14.1 Å². The number of primary amides is 1. The zero-order valence-corrected chi connectivity index (χ0v) is 19.8. The van der Waals surface area contributed by atoms with Crippen molar-refractivity contribution >= 4 is 28.4 Å². The third-order valence-electron chi connectivity index (χ3n) is 6.02. The molecule has 3 N–H and O–H groups in total. The number of amides is 2. The molecular formula is C25H22N8O3. The number of pyridine rings is 1. The normalized spacial score (nSPS) is 11.1. The topological polar surface area (TPSA) is 143 Å². The molecule has 11 heteroatoms. The van der Waals surface area contributed by atoms with Crippen molar-refractivity contribution in [2.75, 3.05) is 5.32 Å². The molecule has 11 nitrogen and oxygen atoms in total. The molecule has 36 heavy (non-hydrogen) atoms. The van der Waals surface area contributed by atoms with Crippen molar-refractivity contribution in [3.63, 3.8) is 0 Å². The summed E-state index contributed by atoms with van der Waals surface area (Å²) < 4.78 is 4.29. The molecule has 2 amide bonds. The van der Waals surface area contributed by atoms with E-state index in [1.54, 1.807) is 49.2 Å². The van der Waals surface area contributed by atoms with Gasteiger partial charge in [-0.15, -0.1) is 0 Å². The summed E-state index contributed by atoms with van der Waals surface area (Å²) in [5, 5.41) is 11.9. The predicted octanol–water partition coefficient (Wildman–Crippen LogP) is 2.18. The number of carbonyl (C=O) groups is 2. The van der Waals surface area contributed by atoms with Crippen molar-refractivity contribution in [3.8, 4) is 16.9 Å². The number of aryl methyl sites for hydroxylation is 3. The van der Waals surface area contributed by atoms with Crippen LogP contribution in [0.3, 0.4) is 0 Å². The minimum atomic E-state index is -0.582. The number of hydrogen-bond acceptors (Lipinski definition) is 6. The molecule has 0 fully saturated rings. The fraction of sp³-hybridized carbons (Fsp3) is 0.120. The van der Waals surface area contributed by atoms with Crippen molar-refractivity contribution in [1.29, 1.82) is 0 Å². The van der Waals surface area contributed by atoms with Crippen molar-refractivity contribution < 1.29 is 9.59 Å². The van der Waals surface area contributed by atoms with Crippen molar-refractivity contribution in [2.24, 2.45) is 19.8 Å². The Morgan fingerprint density at radius 3 is 2.50 bits per heavy atom. The molecule has 0 atom stereocenters. The maximum absolute atomic E-state index is 13.2. The summed E-state index contributed by atoms with van der Waals surface area (Å²) in [5.41, 5.74) is 9.77. The van der Waals surface area contributed by atoms with Crippen LogP contribution in [0.25, 0.3) is 27.8 Å². The molecule has 2 aromatic carbocycles. The molecular weight excluding hydrogens is 460 g/mol. The van der Waals surface area contributed by atoms with E-state index >= 15 is 0 Å². The summed E-state index contributed by atoms with van der Waals surface area (Å²) in [4.78, 5) is 41.4. The first kappa shape index (κ1) is 22.7. The summed E-state index contributed by atoms with van der Waals surface area (Å²) in [7, 11) is 3.35. The molecule has 0 bridgehead atoms. The lowest BCUT2D eigenvalue weighted by molar-refractivity contribution is 0.0995. The van der Waals surface area contributed by atoms with Gasteiger partial charge in [0.2, 0.25) is 5.91 Å². The number of rotatable bonds is 5. The van der Waals surface area contributed by atoms with E-state index in [1.165, 1.54) is 21.6 Å². The van der Waals surface area contributed by atoms with Gasteiger partial charge in [-0.2, -0.15) is 10.2 Å². The second-order valence-corrected chi connectivity index (χ2v) is 8.31. The number of anilines is 1. The van der Waals surface area contributed by atoms with Crippen LogP contribution in [-0.4, -0.2) is 40.9 Å². The average Bonchev–Trinajstić information content (AvgIpc) is 3.39. The van der Waals surface area contributed by atoms with Gasteiger partial charge < -0.3 is 11.1 Å². The molecule has 5 rings (SSSR count). The van der Waals surface area contributed by atoms with E-state index in [0.29, 0.717) is 28.0 Å². The van der Waals surface area contributed by atoms with Gasteiger partial charge in [-0.25, -0.2) is 14.0 Å². The van der Waals surface area contributed by atoms with E-state index in [2.05, 4.69) is 20.5 Å². The Morgan fingerprint density at radius 1 is 1.03 bits per heavy atom. The number of nitrogens with two attached hydrogens (primary N) is 1. The second-order valence-electron chi connectivity index (χ2n) is 8.31. The SMILES string of the molecule is Cc1c(-c2ccc(-n3cnn(C)c3=O)cn2)ccc2c1c(C(=O)Nc1cccc(C(N)=O)c1)nn2C. The highest BCUT2D eigenvalue weighted by Gasteiger charge is 2.21. The van der Waals surface area contributed by atoms with Gasteiger partial charge in [0, 0.05) is 36.3 Å². The summed E-state index contributed by atoms with van der Waals surface area (Å²) in [6.45, 7) is 1.91. The van der Waals surface area contributed by atoms with E-state index in [-0.39, 0.29) is 11.4 Å². The first-order chi connectivity index (χ1) is 17.2. The number of hydrogen-bond donors (Lipinski definition) is 2. The molecule has 3 heterocycles. The molecule has 5 aromatic rings. The van der Waals surface area contributed by atoms with E-state index in [1.807, 2.05) is 25.1 Å². The van der Waals surface area contributed by atoms with Gasteiger partial charge in [-0.3, -0.25) is 19.3 Å². The van der Waals surface area contributed by atoms with Gasteiger partial charge >= 0.3 is 5.69 Å². The summed E-state index contributed by atoms with van der Waals surface area (Å²) in [5.74, 6) is -0.997. The molecule has 0 saturated heterocycles. The van der Waals surface area contributed by atoms with Crippen LogP contribution in [0.2, 0.25) is 0 Å². The molecule has 0 aliphatic heterocycles. The fourth-order valence-electron chi connectivity index (χ4n) is 4.15. The average molecular weight is 483 g/mol. The number of fused-ring (bicyclic) bond motifs is 1. The van der Waals surface area contributed by atoms with E-state index < -0.39 is 11.8 Å². The van der Waals surface area contributed by atoms with E-state index in [0.717, 1.165) is 16.6 Å². The molecule has 3 aromatic heterocycles. The second kappa shape index (κ2) is 8.62. The minimum Gasteiger partial charge on any atom is -0.366 e. The van der Waals surface area contributed by atoms with Crippen LogP contribution >= 0.6 is 0 Å².